The molecule has 0 aromatic heterocycles. The van der Waals surface area contributed by atoms with Crippen molar-refractivity contribution in [1.82, 2.24) is 10.4 Å². The van der Waals surface area contributed by atoms with Gasteiger partial charge in [-0.1, -0.05) is 19.3 Å². The highest BCUT2D eigenvalue weighted by molar-refractivity contribution is 5.77. The lowest BCUT2D eigenvalue weighted by Gasteiger charge is -2.30. The zero-order valence-corrected chi connectivity index (χ0v) is 11.5. The van der Waals surface area contributed by atoms with Gasteiger partial charge in [0, 0.05) is 19.5 Å². The van der Waals surface area contributed by atoms with Crippen LogP contribution in [0.25, 0.3) is 0 Å². The van der Waals surface area contributed by atoms with Crippen LogP contribution in [0.4, 0.5) is 0 Å². The quantitative estimate of drug-likeness (QED) is 0.799. The molecule has 2 aliphatic rings. The standard InChI is InChI=1S/C14H24N2O3/c17-12(15-16-8-4-1-5-9-16)10-14(11-13(18)19)6-2-3-7-14/h1-11H2,(H,15,17)(H,18,19). The van der Waals surface area contributed by atoms with Gasteiger partial charge < -0.3 is 5.11 Å². The molecule has 5 nitrogen and oxygen atoms in total. The average Bonchev–Trinajstić information content (AvgIpc) is 2.77. The number of hydrazine groups is 1. The van der Waals surface area contributed by atoms with Crippen LogP contribution in [0, 0.1) is 5.41 Å². The van der Waals surface area contributed by atoms with Gasteiger partial charge in [0.1, 0.15) is 0 Å². The van der Waals surface area contributed by atoms with Crippen LogP contribution in [-0.4, -0.2) is 35.1 Å². The van der Waals surface area contributed by atoms with E-state index in [0.717, 1.165) is 51.6 Å². The van der Waals surface area contributed by atoms with E-state index < -0.39 is 5.97 Å². The number of aliphatic carboxylic acids is 1. The highest BCUT2D eigenvalue weighted by Gasteiger charge is 2.38. The Hall–Kier alpha value is -1.10. The van der Waals surface area contributed by atoms with E-state index in [9.17, 15) is 9.59 Å². The van der Waals surface area contributed by atoms with Gasteiger partial charge in [0.05, 0.1) is 6.42 Å². The Bertz CT molecular complexity index is 332. The first kappa shape index (κ1) is 14.3. The van der Waals surface area contributed by atoms with E-state index in [0.29, 0.717) is 6.42 Å². The summed E-state index contributed by atoms with van der Waals surface area (Å²) >= 11 is 0. The van der Waals surface area contributed by atoms with Crippen molar-refractivity contribution < 1.29 is 14.7 Å². The molecule has 0 atom stereocenters. The highest BCUT2D eigenvalue weighted by Crippen LogP contribution is 2.44. The summed E-state index contributed by atoms with van der Waals surface area (Å²) in [6.07, 6.45) is 7.79. The van der Waals surface area contributed by atoms with Crippen molar-refractivity contribution in [3.63, 3.8) is 0 Å². The van der Waals surface area contributed by atoms with Crippen LogP contribution in [0.5, 0.6) is 0 Å². The Labute approximate surface area is 114 Å². The van der Waals surface area contributed by atoms with Crippen LogP contribution in [0.2, 0.25) is 0 Å². The number of carbonyl (C=O) groups is 2. The van der Waals surface area contributed by atoms with Crippen molar-refractivity contribution in [3.05, 3.63) is 0 Å². The van der Waals surface area contributed by atoms with E-state index in [4.69, 9.17) is 5.11 Å². The fourth-order valence-corrected chi connectivity index (χ4v) is 3.42. The molecule has 2 N–H and O–H groups in total. The van der Waals surface area contributed by atoms with Crippen LogP contribution < -0.4 is 5.43 Å². The number of nitrogens with zero attached hydrogens (tertiary/aromatic N) is 1. The Morgan fingerprint density at radius 3 is 2.21 bits per heavy atom. The number of amides is 1. The highest BCUT2D eigenvalue weighted by atomic mass is 16.4. The molecule has 2 fully saturated rings. The number of hydrogen-bond donors (Lipinski definition) is 2. The number of rotatable bonds is 5. The Morgan fingerprint density at radius 1 is 1.00 bits per heavy atom. The summed E-state index contributed by atoms with van der Waals surface area (Å²) < 4.78 is 0. The second-order valence-electron chi connectivity index (χ2n) is 6.04. The smallest absolute Gasteiger partial charge is 0.303 e. The van der Waals surface area contributed by atoms with Crippen LogP contribution in [0.3, 0.4) is 0 Å². The summed E-state index contributed by atoms with van der Waals surface area (Å²) in [5.74, 6) is -0.794. The zero-order valence-electron chi connectivity index (χ0n) is 11.5. The molecule has 19 heavy (non-hydrogen) atoms. The summed E-state index contributed by atoms with van der Waals surface area (Å²) in [4.78, 5) is 23.1. The van der Waals surface area contributed by atoms with Gasteiger partial charge in [0.2, 0.25) is 5.91 Å². The number of nitrogens with one attached hydrogen (secondary N) is 1. The molecule has 5 heteroatoms. The van der Waals surface area contributed by atoms with E-state index in [1.165, 1.54) is 6.42 Å². The molecule has 0 bridgehead atoms. The summed E-state index contributed by atoms with van der Waals surface area (Å²) in [5, 5.41) is 11.0. The fraction of sp³-hybridized carbons (Fsp3) is 0.857. The molecule has 0 aromatic carbocycles. The predicted molar refractivity (Wildman–Crippen MR) is 71.3 cm³/mol. The summed E-state index contributed by atoms with van der Waals surface area (Å²) in [5.41, 5.74) is 2.65. The lowest BCUT2D eigenvalue weighted by molar-refractivity contribution is -0.140. The maximum absolute atomic E-state index is 12.1. The first-order valence-electron chi connectivity index (χ1n) is 7.36. The van der Waals surface area contributed by atoms with Crippen LogP contribution in [-0.2, 0) is 9.59 Å². The molecular weight excluding hydrogens is 244 g/mol. The molecule has 0 unspecified atom stereocenters. The molecule has 0 radical (unpaired) electrons. The average molecular weight is 268 g/mol. The topological polar surface area (TPSA) is 69.6 Å². The molecule has 1 saturated heterocycles. The van der Waals surface area contributed by atoms with Gasteiger partial charge in [-0.15, -0.1) is 0 Å². The van der Waals surface area contributed by atoms with Gasteiger partial charge in [-0.25, -0.2) is 5.01 Å². The molecule has 1 saturated carbocycles. The van der Waals surface area contributed by atoms with E-state index in [-0.39, 0.29) is 17.7 Å². The summed E-state index contributed by atoms with van der Waals surface area (Å²) in [7, 11) is 0. The van der Waals surface area contributed by atoms with Gasteiger partial charge in [-0.3, -0.25) is 15.0 Å². The van der Waals surface area contributed by atoms with Gasteiger partial charge in [-0.05, 0) is 31.1 Å². The molecule has 0 spiro atoms. The first-order chi connectivity index (χ1) is 9.10. The maximum atomic E-state index is 12.1. The SMILES string of the molecule is O=C(O)CC1(CC(=O)NN2CCCCC2)CCCC1. The molecule has 1 heterocycles. The molecular formula is C14H24N2O3. The Balaban J connectivity index is 1.86. The lowest BCUT2D eigenvalue weighted by Crippen LogP contribution is -2.46. The summed E-state index contributed by atoms with van der Waals surface area (Å²) in [6.45, 7) is 1.83. The number of carboxylic acids is 1. The zero-order chi connectivity index (χ0) is 13.7. The van der Waals surface area contributed by atoms with E-state index in [1.54, 1.807) is 0 Å². The van der Waals surface area contributed by atoms with Gasteiger partial charge in [0.25, 0.3) is 0 Å². The number of carbonyl (C=O) groups excluding carboxylic acids is 1. The van der Waals surface area contributed by atoms with Gasteiger partial charge >= 0.3 is 5.97 Å². The molecule has 108 valence electrons. The van der Waals surface area contributed by atoms with Gasteiger partial charge in [0.15, 0.2) is 0 Å². The number of carboxylic acid groups (broad SMARTS) is 1. The van der Waals surface area contributed by atoms with Crippen LogP contribution in [0.15, 0.2) is 0 Å². The third kappa shape index (κ3) is 4.20. The van der Waals surface area contributed by atoms with Crippen molar-refractivity contribution >= 4 is 11.9 Å². The van der Waals surface area contributed by atoms with Crippen molar-refractivity contribution in [3.8, 4) is 0 Å². The molecule has 0 aromatic rings. The monoisotopic (exact) mass is 268 g/mol. The van der Waals surface area contributed by atoms with E-state index in [2.05, 4.69) is 5.43 Å². The normalized spacial score (nSPS) is 23.2. The van der Waals surface area contributed by atoms with Crippen molar-refractivity contribution in [2.45, 2.75) is 57.8 Å². The van der Waals surface area contributed by atoms with Crippen LogP contribution >= 0.6 is 0 Å². The minimum atomic E-state index is -0.785. The second kappa shape index (κ2) is 6.37. The fourth-order valence-electron chi connectivity index (χ4n) is 3.42. The Morgan fingerprint density at radius 2 is 1.63 bits per heavy atom. The third-order valence-corrected chi connectivity index (χ3v) is 4.36. The molecule has 2 rings (SSSR count). The molecule has 1 aliphatic carbocycles. The van der Waals surface area contributed by atoms with E-state index in [1.807, 2.05) is 5.01 Å². The molecule has 1 amide bonds. The number of piperidine rings is 1. The largest absolute Gasteiger partial charge is 0.481 e. The van der Waals surface area contributed by atoms with Crippen LogP contribution in [0.1, 0.15) is 57.8 Å². The van der Waals surface area contributed by atoms with Crippen molar-refractivity contribution in [2.24, 2.45) is 5.41 Å². The van der Waals surface area contributed by atoms with Crippen molar-refractivity contribution in [1.29, 1.82) is 0 Å². The molecule has 1 aliphatic heterocycles. The van der Waals surface area contributed by atoms with Gasteiger partial charge in [-0.2, -0.15) is 0 Å². The minimum absolute atomic E-state index is 0.00921. The van der Waals surface area contributed by atoms with E-state index >= 15 is 0 Å². The number of hydrogen-bond acceptors (Lipinski definition) is 3. The summed E-state index contributed by atoms with van der Waals surface area (Å²) in [6, 6.07) is 0. The predicted octanol–water partition coefficient (Wildman–Crippen LogP) is 1.93. The maximum Gasteiger partial charge on any atom is 0.303 e. The van der Waals surface area contributed by atoms with Crippen molar-refractivity contribution in [2.75, 3.05) is 13.1 Å². The first-order valence-corrected chi connectivity index (χ1v) is 7.36. The lowest BCUT2D eigenvalue weighted by atomic mass is 9.79. The Kier molecular flexibility index (Phi) is 4.80. The minimum Gasteiger partial charge on any atom is -0.481 e. The third-order valence-electron chi connectivity index (χ3n) is 4.36. The second-order valence-corrected chi connectivity index (χ2v) is 6.04.